The van der Waals surface area contributed by atoms with Gasteiger partial charge in [-0.2, -0.15) is 0 Å². The molecule has 1 aromatic rings. The van der Waals surface area contributed by atoms with Crippen molar-refractivity contribution in [3.8, 4) is 0 Å². The van der Waals surface area contributed by atoms with Crippen molar-refractivity contribution in [1.82, 2.24) is 4.90 Å². The maximum absolute atomic E-state index is 6.24. The molecule has 4 heteroatoms. The summed E-state index contributed by atoms with van der Waals surface area (Å²) in [6.07, 6.45) is 5.30. The van der Waals surface area contributed by atoms with E-state index >= 15 is 0 Å². The van der Waals surface area contributed by atoms with E-state index in [-0.39, 0.29) is 0 Å². The Kier molecular flexibility index (Phi) is 4.06. The molecule has 0 bridgehead atoms. The average molecular weight is 344 g/mol. The van der Waals surface area contributed by atoms with Crippen LogP contribution in [0.3, 0.4) is 0 Å². The first-order valence-corrected chi connectivity index (χ1v) is 8.28. The van der Waals surface area contributed by atoms with Gasteiger partial charge in [-0.1, -0.05) is 18.0 Å². The van der Waals surface area contributed by atoms with Crippen molar-refractivity contribution >= 4 is 33.2 Å². The Morgan fingerprint density at radius 1 is 1.26 bits per heavy atom. The van der Waals surface area contributed by atoms with Gasteiger partial charge in [-0.3, -0.25) is 4.90 Å². The SMILES string of the molecule is Cc1cc(Br)c(NC2CCN3CCCCC23)cc1Cl. The minimum Gasteiger partial charge on any atom is -0.380 e. The van der Waals surface area contributed by atoms with Crippen LogP contribution in [-0.2, 0) is 0 Å². The smallest absolute Gasteiger partial charge is 0.0502 e. The monoisotopic (exact) mass is 342 g/mol. The Morgan fingerprint density at radius 3 is 2.95 bits per heavy atom. The summed E-state index contributed by atoms with van der Waals surface area (Å²) in [5.74, 6) is 0. The second kappa shape index (κ2) is 5.63. The third kappa shape index (κ3) is 2.79. The number of halogens is 2. The molecule has 2 nitrogen and oxygen atoms in total. The zero-order valence-corrected chi connectivity index (χ0v) is 13.6. The summed E-state index contributed by atoms with van der Waals surface area (Å²) >= 11 is 9.88. The fourth-order valence-electron chi connectivity index (χ4n) is 3.37. The largest absolute Gasteiger partial charge is 0.380 e. The summed E-state index contributed by atoms with van der Waals surface area (Å²) in [5, 5.41) is 4.54. The van der Waals surface area contributed by atoms with E-state index in [4.69, 9.17) is 11.6 Å². The van der Waals surface area contributed by atoms with Crippen molar-refractivity contribution in [2.75, 3.05) is 18.4 Å². The summed E-state index contributed by atoms with van der Waals surface area (Å²) in [7, 11) is 0. The van der Waals surface area contributed by atoms with Crippen LogP contribution in [0.5, 0.6) is 0 Å². The number of anilines is 1. The van der Waals surface area contributed by atoms with Crippen molar-refractivity contribution in [3.05, 3.63) is 27.2 Å². The first-order chi connectivity index (χ1) is 9.15. The van der Waals surface area contributed by atoms with E-state index in [1.807, 2.05) is 13.0 Å². The van der Waals surface area contributed by atoms with Crippen LogP contribution >= 0.6 is 27.5 Å². The molecule has 0 amide bonds. The Hall–Kier alpha value is -0.250. The molecule has 0 saturated carbocycles. The van der Waals surface area contributed by atoms with Crippen molar-refractivity contribution in [2.45, 2.75) is 44.7 Å². The van der Waals surface area contributed by atoms with Crippen LogP contribution in [0.15, 0.2) is 16.6 Å². The van der Waals surface area contributed by atoms with Crippen LogP contribution in [0.25, 0.3) is 0 Å². The number of aryl methyl sites for hydroxylation is 1. The van der Waals surface area contributed by atoms with Crippen molar-refractivity contribution in [3.63, 3.8) is 0 Å². The quantitative estimate of drug-likeness (QED) is 0.853. The topological polar surface area (TPSA) is 15.3 Å². The summed E-state index contributed by atoms with van der Waals surface area (Å²) in [6, 6.07) is 5.42. The molecule has 1 N–H and O–H groups in total. The van der Waals surface area contributed by atoms with Crippen LogP contribution in [-0.4, -0.2) is 30.1 Å². The van der Waals surface area contributed by atoms with Gasteiger partial charge in [-0.25, -0.2) is 0 Å². The number of nitrogens with one attached hydrogen (secondary N) is 1. The molecule has 1 aromatic carbocycles. The van der Waals surface area contributed by atoms with E-state index in [1.165, 1.54) is 38.8 Å². The van der Waals surface area contributed by atoms with Crippen molar-refractivity contribution in [2.24, 2.45) is 0 Å². The highest BCUT2D eigenvalue weighted by Gasteiger charge is 2.35. The van der Waals surface area contributed by atoms with Crippen molar-refractivity contribution in [1.29, 1.82) is 0 Å². The van der Waals surface area contributed by atoms with E-state index in [1.54, 1.807) is 0 Å². The third-order valence-corrected chi connectivity index (χ3v) is 5.51. The summed E-state index contributed by atoms with van der Waals surface area (Å²) in [4.78, 5) is 2.64. The number of fused-ring (bicyclic) bond motifs is 1. The highest BCUT2D eigenvalue weighted by atomic mass is 79.9. The second-order valence-electron chi connectivity index (χ2n) is 5.72. The van der Waals surface area contributed by atoms with Gasteiger partial charge in [0, 0.05) is 28.1 Å². The number of nitrogens with zero attached hydrogens (tertiary/aromatic N) is 1. The van der Waals surface area contributed by atoms with E-state index in [0.717, 1.165) is 20.7 Å². The second-order valence-corrected chi connectivity index (χ2v) is 6.98. The molecule has 0 spiro atoms. The molecular formula is C15H20BrClN2. The number of hydrogen-bond donors (Lipinski definition) is 1. The van der Waals surface area contributed by atoms with Crippen LogP contribution in [0.1, 0.15) is 31.2 Å². The van der Waals surface area contributed by atoms with Gasteiger partial charge in [-0.05, 0) is 66.4 Å². The van der Waals surface area contributed by atoms with Gasteiger partial charge in [0.25, 0.3) is 0 Å². The normalized spacial score (nSPS) is 27.3. The lowest BCUT2D eigenvalue weighted by atomic mass is 9.99. The third-order valence-electron chi connectivity index (χ3n) is 4.45. The number of hydrogen-bond acceptors (Lipinski definition) is 2. The van der Waals surface area contributed by atoms with Gasteiger partial charge in [-0.15, -0.1) is 0 Å². The Bertz CT molecular complexity index is 477. The predicted molar refractivity (Wildman–Crippen MR) is 85.1 cm³/mol. The molecule has 0 aromatic heterocycles. The van der Waals surface area contributed by atoms with Gasteiger partial charge < -0.3 is 5.32 Å². The fraction of sp³-hybridized carbons (Fsp3) is 0.600. The lowest BCUT2D eigenvalue weighted by Crippen LogP contribution is -2.41. The Balaban J connectivity index is 1.76. The predicted octanol–water partition coefficient (Wildman–Crippen LogP) is 4.45. The lowest BCUT2D eigenvalue weighted by Gasteiger charge is -2.33. The Labute approximate surface area is 128 Å². The molecule has 2 atom stereocenters. The molecule has 2 aliphatic rings. The zero-order chi connectivity index (χ0) is 13.4. The number of rotatable bonds is 2. The first-order valence-electron chi connectivity index (χ1n) is 7.11. The minimum absolute atomic E-state index is 0.565. The Morgan fingerprint density at radius 2 is 2.11 bits per heavy atom. The van der Waals surface area contributed by atoms with Gasteiger partial charge in [0.2, 0.25) is 0 Å². The molecule has 2 heterocycles. The maximum atomic E-state index is 6.24. The van der Waals surface area contributed by atoms with E-state index < -0.39 is 0 Å². The summed E-state index contributed by atoms with van der Waals surface area (Å²) < 4.78 is 1.11. The standard InChI is InChI=1S/C15H20BrClN2/c1-10-8-11(16)14(9-12(10)17)18-13-5-7-19-6-3-2-4-15(13)19/h8-9,13,15,18H,2-7H2,1H3. The molecule has 2 saturated heterocycles. The molecule has 3 rings (SSSR count). The highest BCUT2D eigenvalue weighted by Crippen LogP contribution is 2.34. The zero-order valence-electron chi connectivity index (χ0n) is 11.3. The van der Waals surface area contributed by atoms with E-state index in [9.17, 15) is 0 Å². The number of benzene rings is 1. The fourth-order valence-corrected chi connectivity index (χ4v) is 4.11. The minimum atomic E-state index is 0.565. The van der Waals surface area contributed by atoms with Gasteiger partial charge in [0.05, 0.1) is 5.69 Å². The lowest BCUT2D eigenvalue weighted by molar-refractivity contribution is 0.193. The number of piperidine rings is 1. The highest BCUT2D eigenvalue weighted by molar-refractivity contribution is 9.10. The molecule has 0 aliphatic carbocycles. The average Bonchev–Trinajstić information content (AvgIpc) is 2.80. The maximum Gasteiger partial charge on any atom is 0.0502 e. The summed E-state index contributed by atoms with van der Waals surface area (Å²) in [6.45, 7) is 4.55. The molecule has 0 radical (unpaired) electrons. The first kappa shape index (κ1) is 13.7. The van der Waals surface area contributed by atoms with Crippen LogP contribution in [0.2, 0.25) is 5.02 Å². The van der Waals surface area contributed by atoms with E-state index in [2.05, 4.69) is 32.2 Å². The van der Waals surface area contributed by atoms with Gasteiger partial charge in [0.15, 0.2) is 0 Å². The molecule has 2 unspecified atom stereocenters. The van der Waals surface area contributed by atoms with Crippen LogP contribution in [0, 0.1) is 6.92 Å². The molecule has 2 aliphatic heterocycles. The van der Waals surface area contributed by atoms with Gasteiger partial charge >= 0.3 is 0 Å². The molecule has 19 heavy (non-hydrogen) atoms. The molecule has 104 valence electrons. The molecule has 2 fully saturated rings. The van der Waals surface area contributed by atoms with Crippen LogP contribution < -0.4 is 5.32 Å². The summed E-state index contributed by atoms with van der Waals surface area (Å²) in [5.41, 5.74) is 2.25. The van der Waals surface area contributed by atoms with Crippen molar-refractivity contribution < 1.29 is 0 Å². The van der Waals surface area contributed by atoms with E-state index in [0.29, 0.717) is 12.1 Å². The van der Waals surface area contributed by atoms with Crippen LogP contribution in [0.4, 0.5) is 5.69 Å². The van der Waals surface area contributed by atoms with Gasteiger partial charge in [0.1, 0.15) is 0 Å². The molecular weight excluding hydrogens is 324 g/mol.